The second-order valence-electron chi connectivity index (χ2n) is 7.48. The normalized spacial score (nSPS) is 10.2. The lowest BCUT2D eigenvalue weighted by atomic mass is 10.2. The van der Waals surface area contributed by atoms with Gasteiger partial charge in [-0.05, 0) is 54.5 Å². The Morgan fingerprint density at radius 1 is 0.857 bits per heavy atom. The van der Waals surface area contributed by atoms with Crippen LogP contribution in [0.4, 0.5) is 0 Å². The Balaban J connectivity index is 1.57. The first-order valence-electron chi connectivity index (χ1n) is 11.1. The van der Waals surface area contributed by atoms with Gasteiger partial charge in [-0.1, -0.05) is 71.7 Å². The molecular formula is C26H26BrN3O4S. The van der Waals surface area contributed by atoms with Crippen molar-refractivity contribution < 1.29 is 19.1 Å². The van der Waals surface area contributed by atoms with E-state index in [1.807, 2.05) is 30.3 Å². The zero-order valence-corrected chi connectivity index (χ0v) is 21.6. The minimum atomic E-state index is -0.462. The number of thiocarbonyl (C=S) groups is 1. The quantitative estimate of drug-likeness (QED) is 0.192. The number of ether oxygens (including phenoxy) is 2. The van der Waals surface area contributed by atoms with Crippen LogP contribution >= 0.6 is 28.1 Å². The molecule has 3 rings (SSSR count). The standard InChI is InChI=1S/C26H26BrN3O4S/c1-2-3-15-33-23-14-13-19(27)16-21(23)24(31)28-26(35)30-29-25(32)20-11-7-8-12-22(20)34-17-18-9-5-4-6-10-18/h4-14,16H,2-3,15,17H2,1H3,(H,29,32)(H2,28,30,31,35). The number of unbranched alkanes of at least 4 members (excludes halogenated alkanes) is 1. The zero-order chi connectivity index (χ0) is 25.0. The summed E-state index contributed by atoms with van der Waals surface area (Å²) in [7, 11) is 0. The van der Waals surface area contributed by atoms with E-state index in [4.69, 9.17) is 21.7 Å². The lowest BCUT2D eigenvalue weighted by Crippen LogP contribution is -2.48. The summed E-state index contributed by atoms with van der Waals surface area (Å²) in [5.41, 5.74) is 6.69. The number of carbonyl (C=O) groups is 2. The molecule has 35 heavy (non-hydrogen) atoms. The molecule has 0 aliphatic carbocycles. The van der Waals surface area contributed by atoms with Gasteiger partial charge < -0.3 is 9.47 Å². The van der Waals surface area contributed by atoms with Crippen LogP contribution in [0.15, 0.2) is 77.3 Å². The van der Waals surface area contributed by atoms with Crippen molar-refractivity contribution in [1.82, 2.24) is 16.2 Å². The van der Waals surface area contributed by atoms with Gasteiger partial charge in [-0.2, -0.15) is 0 Å². The van der Waals surface area contributed by atoms with Crippen molar-refractivity contribution >= 4 is 45.1 Å². The number of rotatable bonds is 9. The summed E-state index contributed by atoms with van der Waals surface area (Å²) in [5.74, 6) is -0.0449. The van der Waals surface area contributed by atoms with Crippen LogP contribution in [-0.2, 0) is 6.61 Å². The minimum Gasteiger partial charge on any atom is -0.493 e. The van der Waals surface area contributed by atoms with Gasteiger partial charge in [0.25, 0.3) is 11.8 Å². The van der Waals surface area contributed by atoms with E-state index in [9.17, 15) is 9.59 Å². The molecule has 2 amide bonds. The van der Waals surface area contributed by atoms with E-state index >= 15 is 0 Å². The number of halogens is 1. The summed E-state index contributed by atoms with van der Waals surface area (Å²) in [6.07, 6.45) is 1.85. The van der Waals surface area contributed by atoms with Crippen LogP contribution in [0.5, 0.6) is 11.5 Å². The Bertz CT molecular complexity index is 1170. The highest BCUT2D eigenvalue weighted by molar-refractivity contribution is 9.10. The molecule has 9 heteroatoms. The lowest BCUT2D eigenvalue weighted by Gasteiger charge is -2.15. The Labute approximate surface area is 218 Å². The number of hydrogen-bond acceptors (Lipinski definition) is 5. The van der Waals surface area contributed by atoms with Crippen molar-refractivity contribution in [3.05, 3.63) is 94.0 Å². The van der Waals surface area contributed by atoms with Gasteiger partial charge >= 0.3 is 0 Å². The average Bonchev–Trinajstić information content (AvgIpc) is 2.87. The van der Waals surface area contributed by atoms with E-state index in [1.54, 1.807) is 42.5 Å². The molecule has 0 aliphatic heterocycles. The molecule has 0 heterocycles. The molecule has 0 spiro atoms. The molecule has 0 aliphatic rings. The smallest absolute Gasteiger partial charge is 0.273 e. The highest BCUT2D eigenvalue weighted by Gasteiger charge is 2.16. The van der Waals surface area contributed by atoms with E-state index < -0.39 is 11.8 Å². The van der Waals surface area contributed by atoms with E-state index in [-0.39, 0.29) is 5.11 Å². The fraction of sp³-hybridized carbons (Fsp3) is 0.192. The van der Waals surface area contributed by atoms with Crippen molar-refractivity contribution in [2.75, 3.05) is 6.61 Å². The van der Waals surface area contributed by atoms with Gasteiger partial charge in [0, 0.05) is 4.47 Å². The minimum absolute atomic E-state index is 0.0643. The fourth-order valence-electron chi connectivity index (χ4n) is 3.03. The third kappa shape index (κ3) is 8.08. The Kier molecular flexibility index (Phi) is 10.1. The maximum absolute atomic E-state index is 12.8. The number of carbonyl (C=O) groups excluding carboxylic acids is 2. The third-order valence-electron chi connectivity index (χ3n) is 4.83. The maximum atomic E-state index is 12.8. The first kappa shape index (κ1) is 26.2. The van der Waals surface area contributed by atoms with Crippen LogP contribution in [0.3, 0.4) is 0 Å². The van der Waals surface area contributed by atoms with E-state index in [2.05, 4.69) is 39.0 Å². The molecule has 0 atom stereocenters. The number of benzene rings is 3. The van der Waals surface area contributed by atoms with Crippen LogP contribution in [0.25, 0.3) is 0 Å². The number of amides is 2. The van der Waals surface area contributed by atoms with Gasteiger partial charge in [-0.25, -0.2) is 0 Å². The van der Waals surface area contributed by atoms with Gasteiger partial charge in [0.1, 0.15) is 18.1 Å². The maximum Gasteiger partial charge on any atom is 0.273 e. The summed E-state index contributed by atoms with van der Waals surface area (Å²) in [6.45, 7) is 2.88. The van der Waals surface area contributed by atoms with Crippen molar-refractivity contribution in [1.29, 1.82) is 0 Å². The largest absolute Gasteiger partial charge is 0.493 e. The van der Waals surface area contributed by atoms with E-state index in [1.165, 1.54) is 0 Å². The SMILES string of the molecule is CCCCOc1ccc(Br)cc1C(=O)NC(=S)NNC(=O)c1ccccc1OCc1ccccc1. The highest BCUT2D eigenvalue weighted by atomic mass is 79.9. The number of hydrazine groups is 1. The molecule has 7 nitrogen and oxygen atoms in total. The second-order valence-corrected chi connectivity index (χ2v) is 8.80. The van der Waals surface area contributed by atoms with Crippen LogP contribution in [0, 0.1) is 0 Å². The Morgan fingerprint density at radius 2 is 1.57 bits per heavy atom. The molecule has 0 saturated heterocycles. The van der Waals surface area contributed by atoms with Gasteiger partial charge in [0.15, 0.2) is 5.11 Å². The van der Waals surface area contributed by atoms with E-state index in [0.717, 1.165) is 22.9 Å². The monoisotopic (exact) mass is 555 g/mol. The van der Waals surface area contributed by atoms with Crippen LogP contribution in [0.2, 0.25) is 0 Å². The molecular weight excluding hydrogens is 530 g/mol. The number of nitrogens with one attached hydrogen (secondary N) is 3. The molecule has 3 aromatic rings. The van der Waals surface area contributed by atoms with Gasteiger partial charge in [0.05, 0.1) is 17.7 Å². The van der Waals surface area contributed by atoms with Crippen molar-refractivity contribution in [3.63, 3.8) is 0 Å². The molecule has 0 radical (unpaired) electrons. The molecule has 182 valence electrons. The van der Waals surface area contributed by atoms with Crippen LogP contribution in [0.1, 0.15) is 46.0 Å². The predicted octanol–water partition coefficient (Wildman–Crippen LogP) is 5.16. The number of para-hydroxylation sites is 1. The first-order chi connectivity index (χ1) is 17.0. The summed E-state index contributed by atoms with van der Waals surface area (Å²) in [5, 5.41) is 2.49. The lowest BCUT2D eigenvalue weighted by molar-refractivity contribution is 0.0930. The summed E-state index contributed by atoms with van der Waals surface area (Å²) < 4.78 is 12.3. The van der Waals surface area contributed by atoms with E-state index in [0.29, 0.717) is 35.8 Å². The number of hydrogen-bond donors (Lipinski definition) is 3. The topological polar surface area (TPSA) is 88.7 Å². The molecule has 0 fully saturated rings. The summed E-state index contributed by atoms with van der Waals surface area (Å²) in [6, 6.07) is 21.7. The molecule has 0 bridgehead atoms. The molecule has 0 aromatic heterocycles. The fourth-order valence-corrected chi connectivity index (χ4v) is 3.53. The van der Waals surface area contributed by atoms with Crippen LogP contribution < -0.4 is 25.6 Å². The molecule has 3 N–H and O–H groups in total. The summed E-state index contributed by atoms with van der Waals surface area (Å²) >= 11 is 8.56. The van der Waals surface area contributed by atoms with Crippen molar-refractivity contribution in [3.8, 4) is 11.5 Å². The zero-order valence-electron chi connectivity index (χ0n) is 19.2. The predicted molar refractivity (Wildman–Crippen MR) is 142 cm³/mol. The Hall–Kier alpha value is -3.43. The van der Waals surface area contributed by atoms with Crippen molar-refractivity contribution in [2.45, 2.75) is 26.4 Å². The molecule has 0 saturated carbocycles. The third-order valence-corrected chi connectivity index (χ3v) is 5.52. The van der Waals surface area contributed by atoms with Gasteiger partial charge in [-0.3, -0.25) is 25.8 Å². The molecule has 0 unspecified atom stereocenters. The summed E-state index contributed by atoms with van der Waals surface area (Å²) in [4.78, 5) is 25.5. The first-order valence-corrected chi connectivity index (χ1v) is 12.3. The Morgan fingerprint density at radius 3 is 2.34 bits per heavy atom. The highest BCUT2D eigenvalue weighted by Crippen LogP contribution is 2.24. The molecule has 3 aromatic carbocycles. The van der Waals surface area contributed by atoms with Gasteiger partial charge in [0.2, 0.25) is 0 Å². The van der Waals surface area contributed by atoms with Gasteiger partial charge in [-0.15, -0.1) is 0 Å². The van der Waals surface area contributed by atoms with Crippen molar-refractivity contribution in [2.24, 2.45) is 0 Å². The second kappa shape index (κ2) is 13.5. The van der Waals surface area contributed by atoms with Crippen LogP contribution in [-0.4, -0.2) is 23.5 Å². The average molecular weight is 556 g/mol.